The number of likely N-dealkylation sites (N-methyl/N-ethyl adjacent to an activating group) is 2. The Labute approximate surface area is 256 Å². The normalized spacial score (nSPS) is 34.8. The predicted octanol–water partition coefficient (Wildman–Crippen LogP) is 0.592. The third-order valence-electron chi connectivity index (χ3n) is 11.2. The Morgan fingerprint density at radius 1 is 0.581 bits per heavy atom. The summed E-state index contributed by atoms with van der Waals surface area (Å²) in [7, 11) is 0. The van der Waals surface area contributed by atoms with Crippen LogP contribution >= 0.6 is 0 Å². The van der Waals surface area contributed by atoms with Gasteiger partial charge in [0.05, 0.1) is 35.9 Å². The lowest BCUT2D eigenvalue weighted by atomic mass is 9.56. The summed E-state index contributed by atoms with van der Waals surface area (Å²) in [6.07, 6.45) is 2.36. The molecule has 0 radical (unpaired) electrons. The van der Waals surface area contributed by atoms with Crippen molar-refractivity contribution in [3.05, 3.63) is 0 Å². The molecular formula is C32H55N5O6. The number of aliphatic hydroxyl groups is 2. The Kier molecular flexibility index (Phi) is 12.0. The fraction of sp³-hybridized carbons (Fsp3) is 0.875. The average molecular weight is 606 g/mol. The molecule has 11 heteroatoms. The molecular weight excluding hydrogens is 550 g/mol. The number of rotatable bonds is 14. The molecule has 0 aliphatic heterocycles. The average Bonchev–Trinajstić information content (AvgIpc) is 3.00. The van der Waals surface area contributed by atoms with Crippen molar-refractivity contribution >= 4 is 23.6 Å². The van der Waals surface area contributed by atoms with Crippen LogP contribution < -0.4 is 16.0 Å². The minimum absolute atomic E-state index is 0.129. The Balaban J connectivity index is 1.46. The van der Waals surface area contributed by atoms with Gasteiger partial charge in [0.25, 0.3) is 0 Å². The minimum Gasteiger partial charge on any atom is -0.393 e. The first-order chi connectivity index (χ1) is 20.6. The van der Waals surface area contributed by atoms with Crippen molar-refractivity contribution < 1.29 is 29.4 Å². The topological polar surface area (TPSA) is 151 Å². The van der Waals surface area contributed by atoms with Gasteiger partial charge in [0, 0.05) is 26.2 Å². The fourth-order valence-corrected chi connectivity index (χ4v) is 8.76. The number of aliphatic hydroxyl groups excluding tert-OH is 2. The van der Waals surface area contributed by atoms with Gasteiger partial charge >= 0.3 is 0 Å². The first-order valence-corrected chi connectivity index (χ1v) is 16.9. The number of nitrogens with zero attached hydrogens (tertiary/aromatic N) is 2. The van der Waals surface area contributed by atoms with Crippen molar-refractivity contribution in [2.24, 2.45) is 47.3 Å². The van der Waals surface area contributed by atoms with E-state index in [2.05, 4.69) is 53.4 Å². The summed E-state index contributed by atoms with van der Waals surface area (Å²) < 4.78 is 0. The van der Waals surface area contributed by atoms with Crippen molar-refractivity contribution in [3.63, 3.8) is 0 Å². The molecule has 10 unspecified atom stereocenters. The zero-order valence-electron chi connectivity index (χ0n) is 26.6. The molecule has 0 spiro atoms. The van der Waals surface area contributed by atoms with Crippen LogP contribution in [0.1, 0.15) is 66.2 Å². The van der Waals surface area contributed by atoms with Crippen LogP contribution in [0.4, 0.5) is 0 Å². The number of carbonyl (C=O) groups is 4. The number of fused-ring (bicyclic) bond motifs is 6. The first kappa shape index (κ1) is 33.8. The van der Waals surface area contributed by atoms with Crippen LogP contribution in [0.5, 0.6) is 0 Å². The molecule has 244 valence electrons. The Morgan fingerprint density at radius 3 is 1.28 bits per heavy atom. The third-order valence-corrected chi connectivity index (χ3v) is 11.2. The molecule has 0 aromatic carbocycles. The molecule has 6 aliphatic rings. The molecule has 0 aromatic heterocycles. The second kappa shape index (κ2) is 15.3. The van der Waals surface area contributed by atoms with E-state index in [1.807, 2.05) is 0 Å². The molecule has 4 amide bonds. The van der Waals surface area contributed by atoms with Crippen LogP contribution in [0.3, 0.4) is 0 Å². The highest BCUT2D eigenvalue weighted by Gasteiger charge is 2.56. The zero-order valence-corrected chi connectivity index (χ0v) is 26.6. The minimum atomic E-state index is -0.813. The van der Waals surface area contributed by atoms with Crippen LogP contribution in [0.2, 0.25) is 0 Å². The smallest absolute Gasteiger partial charge is 0.230 e. The maximum atomic E-state index is 13.9. The van der Waals surface area contributed by atoms with E-state index in [1.54, 1.807) is 0 Å². The van der Waals surface area contributed by atoms with E-state index in [1.165, 1.54) is 0 Å². The highest BCUT2D eigenvalue weighted by Crippen LogP contribution is 2.51. The second-order valence-corrected chi connectivity index (χ2v) is 13.2. The molecule has 4 bridgehead atoms. The number of amides is 4. The van der Waals surface area contributed by atoms with Gasteiger partial charge in [-0.2, -0.15) is 0 Å². The summed E-state index contributed by atoms with van der Waals surface area (Å²) in [6.45, 7) is 14.2. The van der Waals surface area contributed by atoms with E-state index < -0.39 is 59.5 Å². The van der Waals surface area contributed by atoms with E-state index in [-0.39, 0.29) is 23.7 Å². The van der Waals surface area contributed by atoms with Gasteiger partial charge in [0.2, 0.25) is 23.6 Å². The molecule has 6 fully saturated rings. The van der Waals surface area contributed by atoms with Crippen LogP contribution in [0.15, 0.2) is 0 Å². The SMILES string of the molecule is CCN(CC)CCNC(=O)C1C2CCC(C(O)C2)C1C(=O)NC(=O)C1C2CCC(CC2O)C1C(=O)NCCN(CC)CC. The Morgan fingerprint density at radius 2 is 0.953 bits per heavy atom. The van der Waals surface area contributed by atoms with E-state index in [4.69, 9.17) is 0 Å². The molecule has 6 aliphatic carbocycles. The summed E-state index contributed by atoms with van der Waals surface area (Å²) in [5.74, 6) is -5.38. The summed E-state index contributed by atoms with van der Waals surface area (Å²) in [5.41, 5.74) is 0. The highest BCUT2D eigenvalue weighted by atomic mass is 16.3. The van der Waals surface area contributed by atoms with Crippen molar-refractivity contribution in [2.45, 2.75) is 78.4 Å². The van der Waals surface area contributed by atoms with E-state index >= 15 is 0 Å². The number of nitrogens with one attached hydrogen (secondary N) is 3. The Bertz CT molecular complexity index is 911. The summed E-state index contributed by atoms with van der Waals surface area (Å²) >= 11 is 0. The van der Waals surface area contributed by atoms with Crippen molar-refractivity contribution in [2.75, 3.05) is 52.4 Å². The molecule has 43 heavy (non-hydrogen) atoms. The lowest BCUT2D eigenvalue weighted by molar-refractivity contribution is -0.162. The van der Waals surface area contributed by atoms with Crippen molar-refractivity contribution in [1.82, 2.24) is 25.8 Å². The number of hydrogen-bond donors (Lipinski definition) is 5. The summed E-state index contributed by atoms with van der Waals surface area (Å²) in [5, 5.41) is 30.3. The molecule has 6 saturated carbocycles. The molecule has 0 aromatic rings. The fourth-order valence-electron chi connectivity index (χ4n) is 8.76. The predicted molar refractivity (Wildman–Crippen MR) is 162 cm³/mol. The van der Waals surface area contributed by atoms with Gasteiger partial charge in [-0.15, -0.1) is 0 Å². The lowest BCUT2D eigenvalue weighted by Gasteiger charge is -2.50. The van der Waals surface area contributed by atoms with Crippen LogP contribution in [-0.2, 0) is 19.2 Å². The zero-order chi connectivity index (χ0) is 31.3. The maximum absolute atomic E-state index is 13.9. The van der Waals surface area contributed by atoms with Crippen molar-refractivity contribution in [1.29, 1.82) is 0 Å². The quantitative estimate of drug-likeness (QED) is 0.181. The number of hydrogen-bond acceptors (Lipinski definition) is 8. The van der Waals surface area contributed by atoms with Gasteiger partial charge in [-0.05, 0) is 88.4 Å². The van der Waals surface area contributed by atoms with Gasteiger partial charge < -0.3 is 30.6 Å². The van der Waals surface area contributed by atoms with Gasteiger partial charge in [-0.1, -0.05) is 27.7 Å². The third kappa shape index (κ3) is 7.43. The monoisotopic (exact) mass is 605 g/mol. The second-order valence-electron chi connectivity index (χ2n) is 13.2. The molecule has 0 heterocycles. The van der Waals surface area contributed by atoms with E-state index in [0.717, 1.165) is 39.0 Å². The summed E-state index contributed by atoms with van der Waals surface area (Å²) in [4.78, 5) is 59.1. The lowest BCUT2D eigenvalue weighted by Crippen LogP contribution is -2.61. The first-order valence-electron chi connectivity index (χ1n) is 16.9. The van der Waals surface area contributed by atoms with Gasteiger partial charge in [-0.25, -0.2) is 0 Å². The Hall–Kier alpha value is -2.08. The largest absolute Gasteiger partial charge is 0.393 e. The standard InChI is InChI=1S/C32H55N5O6/c1-5-36(6-2)15-13-33-29(40)25-19-9-11-21(23(38)17-19)27(25)31(42)35-32(43)28-22-12-10-20(18-24(22)39)26(28)30(41)34-14-16-37(7-3)8-4/h19-28,38-39H,5-18H2,1-4H3,(H,33,40)(H,34,41)(H,35,42,43). The molecule has 0 saturated heterocycles. The van der Waals surface area contributed by atoms with Gasteiger partial charge in [0.15, 0.2) is 0 Å². The maximum Gasteiger partial charge on any atom is 0.230 e. The number of imide groups is 1. The van der Waals surface area contributed by atoms with Gasteiger partial charge in [0.1, 0.15) is 0 Å². The van der Waals surface area contributed by atoms with Crippen molar-refractivity contribution in [3.8, 4) is 0 Å². The van der Waals surface area contributed by atoms with Crippen LogP contribution in [0, 0.1) is 47.3 Å². The van der Waals surface area contributed by atoms with E-state index in [9.17, 15) is 29.4 Å². The molecule has 11 nitrogen and oxygen atoms in total. The molecule has 10 atom stereocenters. The number of carbonyl (C=O) groups excluding carboxylic acids is 4. The highest BCUT2D eigenvalue weighted by molar-refractivity contribution is 6.01. The van der Waals surface area contributed by atoms with Crippen LogP contribution in [-0.4, -0.2) is 108 Å². The van der Waals surface area contributed by atoms with Gasteiger partial charge in [-0.3, -0.25) is 24.5 Å². The molecule has 6 rings (SSSR count). The molecule has 5 N–H and O–H groups in total. The summed E-state index contributed by atoms with van der Waals surface area (Å²) in [6, 6.07) is 0. The van der Waals surface area contributed by atoms with E-state index in [0.29, 0.717) is 51.9 Å². The van der Waals surface area contributed by atoms with Crippen LogP contribution in [0.25, 0.3) is 0 Å².